The normalized spacial score (nSPS) is 23.2. The van der Waals surface area contributed by atoms with Crippen molar-refractivity contribution in [2.75, 3.05) is 6.61 Å². The minimum Gasteiger partial charge on any atom is -0.389 e. The third kappa shape index (κ3) is 3.74. The Kier molecular flexibility index (Phi) is 4.79. The Morgan fingerprint density at radius 3 is 2.96 bits per heavy atom. The van der Waals surface area contributed by atoms with Crippen molar-refractivity contribution in [1.82, 2.24) is 29.9 Å². The van der Waals surface area contributed by atoms with Gasteiger partial charge in [-0.1, -0.05) is 40.0 Å². The number of rotatable bonds is 6. The van der Waals surface area contributed by atoms with E-state index in [9.17, 15) is 5.11 Å². The van der Waals surface area contributed by atoms with Crippen LogP contribution in [-0.2, 0) is 17.8 Å². The Bertz CT molecular complexity index is 794. The number of aliphatic hydroxyl groups excluding tert-OH is 1. The van der Waals surface area contributed by atoms with E-state index in [0.717, 1.165) is 17.0 Å². The number of aliphatic hydroxyl groups is 1. The molecule has 130 valence electrons. The molecule has 1 aliphatic heterocycles. The standard InChI is InChI=1S/C16H18N6O2S/c23-14-9-24-15(16(14)17-6-12-10-25-21-18-12)8-22-7-13(19-20-22)11-4-2-1-3-5-11/h1-5,7,10,14-17,23H,6,8-9H2/t14-,15+,16+/m0/s1. The van der Waals surface area contributed by atoms with Crippen molar-refractivity contribution in [2.45, 2.75) is 31.3 Å². The molecular formula is C16H18N6O2S. The van der Waals surface area contributed by atoms with Crippen LogP contribution in [0.25, 0.3) is 11.3 Å². The van der Waals surface area contributed by atoms with E-state index in [1.165, 1.54) is 11.5 Å². The van der Waals surface area contributed by atoms with Gasteiger partial charge in [-0.05, 0) is 11.5 Å². The van der Waals surface area contributed by atoms with Crippen LogP contribution >= 0.6 is 11.5 Å². The summed E-state index contributed by atoms with van der Waals surface area (Å²) in [5.74, 6) is 0. The van der Waals surface area contributed by atoms with Gasteiger partial charge in [0.25, 0.3) is 0 Å². The molecule has 3 aromatic rings. The molecule has 9 heteroatoms. The maximum atomic E-state index is 10.2. The van der Waals surface area contributed by atoms with Gasteiger partial charge in [0.2, 0.25) is 0 Å². The number of ether oxygens (including phenoxy) is 1. The molecule has 2 aromatic heterocycles. The maximum absolute atomic E-state index is 10.2. The molecule has 1 aliphatic rings. The first-order valence-corrected chi connectivity index (χ1v) is 8.88. The average molecular weight is 358 g/mol. The molecule has 0 spiro atoms. The molecule has 2 N–H and O–H groups in total. The largest absolute Gasteiger partial charge is 0.389 e. The van der Waals surface area contributed by atoms with Gasteiger partial charge in [-0.15, -0.1) is 10.2 Å². The first-order valence-electron chi connectivity index (χ1n) is 8.04. The van der Waals surface area contributed by atoms with Gasteiger partial charge in [-0.3, -0.25) is 0 Å². The third-order valence-electron chi connectivity index (χ3n) is 4.20. The number of hydrogen-bond acceptors (Lipinski definition) is 8. The summed E-state index contributed by atoms with van der Waals surface area (Å²) in [6.45, 7) is 1.37. The van der Waals surface area contributed by atoms with Gasteiger partial charge in [-0.25, -0.2) is 4.68 Å². The maximum Gasteiger partial charge on any atom is 0.113 e. The van der Waals surface area contributed by atoms with Crippen molar-refractivity contribution in [3.05, 3.63) is 47.6 Å². The quantitative estimate of drug-likeness (QED) is 0.670. The van der Waals surface area contributed by atoms with Crippen LogP contribution in [0.1, 0.15) is 5.69 Å². The minimum absolute atomic E-state index is 0.188. The highest BCUT2D eigenvalue weighted by molar-refractivity contribution is 7.03. The number of benzene rings is 1. The summed E-state index contributed by atoms with van der Waals surface area (Å²) < 4.78 is 11.3. The van der Waals surface area contributed by atoms with Crippen LogP contribution in [0.2, 0.25) is 0 Å². The van der Waals surface area contributed by atoms with Gasteiger partial charge in [0.1, 0.15) is 5.69 Å². The molecule has 0 bridgehead atoms. The van der Waals surface area contributed by atoms with Crippen LogP contribution in [0.4, 0.5) is 0 Å². The predicted molar refractivity (Wildman–Crippen MR) is 91.7 cm³/mol. The molecule has 3 atom stereocenters. The second kappa shape index (κ2) is 7.36. The van der Waals surface area contributed by atoms with Crippen molar-refractivity contribution in [1.29, 1.82) is 0 Å². The Labute approximate surface area is 148 Å². The molecule has 0 aliphatic carbocycles. The summed E-state index contributed by atoms with van der Waals surface area (Å²) in [4.78, 5) is 0. The topological polar surface area (TPSA) is 98.0 Å². The Balaban J connectivity index is 1.41. The van der Waals surface area contributed by atoms with Crippen LogP contribution in [0.3, 0.4) is 0 Å². The first kappa shape index (κ1) is 16.3. The van der Waals surface area contributed by atoms with Crippen molar-refractivity contribution >= 4 is 11.5 Å². The van der Waals surface area contributed by atoms with Crippen LogP contribution < -0.4 is 5.32 Å². The van der Waals surface area contributed by atoms with Gasteiger partial charge in [0.05, 0.1) is 43.3 Å². The SMILES string of the molecule is O[C@H]1CO[C@H](Cn2cc(-c3ccccc3)nn2)[C@@H]1NCc1csnn1. The molecule has 1 aromatic carbocycles. The number of aromatic nitrogens is 5. The van der Waals surface area contributed by atoms with E-state index in [1.807, 2.05) is 41.9 Å². The van der Waals surface area contributed by atoms with Gasteiger partial charge in [-0.2, -0.15) is 0 Å². The van der Waals surface area contributed by atoms with Gasteiger partial charge in [0.15, 0.2) is 0 Å². The minimum atomic E-state index is -0.561. The molecule has 4 rings (SSSR count). The summed E-state index contributed by atoms with van der Waals surface area (Å²) in [7, 11) is 0. The second-order valence-corrected chi connectivity index (χ2v) is 6.54. The highest BCUT2D eigenvalue weighted by Crippen LogP contribution is 2.19. The Hall–Kier alpha value is -2.20. The van der Waals surface area contributed by atoms with E-state index in [1.54, 1.807) is 4.68 Å². The lowest BCUT2D eigenvalue weighted by Crippen LogP contribution is -2.45. The summed E-state index contributed by atoms with van der Waals surface area (Å²) in [5.41, 5.74) is 2.69. The molecule has 0 saturated carbocycles. The molecule has 1 saturated heterocycles. The predicted octanol–water partition coefficient (Wildman–Crippen LogP) is 0.715. The highest BCUT2D eigenvalue weighted by Gasteiger charge is 2.36. The summed E-state index contributed by atoms with van der Waals surface area (Å²) in [6, 6.07) is 9.71. The Morgan fingerprint density at radius 1 is 1.28 bits per heavy atom. The van der Waals surface area contributed by atoms with Crippen LogP contribution in [0, 0.1) is 0 Å². The van der Waals surface area contributed by atoms with Gasteiger partial charge >= 0.3 is 0 Å². The van der Waals surface area contributed by atoms with Crippen molar-refractivity contribution < 1.29 is 9.84 Å². The van der Waals surface area contributed by atoms with E-state index < -0.39 is 6.10 Å². The van der Waals surface area contributed by atoms with Crippen LogP contribution in [-0.4, -0.2) is 54.5 Å². The molecule has 8 nitrogen and oxygen atoms in total. The zero-order chi connectivity index (χ0) is 17.1. The summed E-state index contributed by atoms with van der Waals surface area (Å²) in [6.07, 6.45) is 1.14. The van der Waals surface area contributed by atoms with E-state index in [4.69, 9.17) is 4.74 Å². The molecule has 0 amide bonds. The number of nitrogens with zero attached hydrogens (tertiary/aromatic N) is 5. The fourth-order valence-corrected chi connectivity index (χ4v) is 3.36. The Morgan fingerprint density at radius 2 is 2.16 bits per heavy atom. The lowest BCUT2D eigenvalue weighted by atomic mass is 10.1. The van der Waals surface area contributed by atoms with Crippen molar-refractivity contribution in [3.63, 3.8) is 0 Å². The van der Waals surface area contributed by atoms with E-state index in [2.05, 4.69) is 25.2 Å². The molecule has 25 heavy (non-hydrogen) atoms. The third-order valence-corrected chi connectivity index (χ3v) is 4.75. The van der Waals surface area contributed by atoms with Crippen LogP contribution in [0.5, 0.6) is 0 Å². The van der Waals surface area contributed by atoms with Gasteiger partial charge < -0.3 is 15.2 Å². The monoisotopic (exact) mass is 358 g/mol. The van der Waals surface area contributed by atoms with Gasteiger partial charge in [0, 0.05) is 17.5 Å². The zero-order valence-electron chi connectivity index (χ0n) is 13.4. The van der Waals surface area contributed by atoms with Crippen LogP contribution in [0.15, 0.2) is 41.9 Å². The second-order valence-electron chi connectivity index (χ2n) is 5.93. The lowest BCUT2D eigenvalue weighted by Gasteiger charge is -2.21. The van der Waals surface area contributed by atoms with E-state index >= 15 is 0 Å². The first-order chi connectivity index (χ1) is 12.3. The van der Waals surface area contributed by atoms with E-state index in [0.29, 0.717) is 19.7 Å². The van der Waals surface area contributed by atoms with E-state index in [-0.39, 0.29) is 12.1 Å². The zero-order valence-corrected chi connectivity index (χ0v) is 14.2. The molecule has 1 fully saturated rings. The van der Waals surface area contributed by atoms with Crippen molar-refractivity contribution in [2.24, 2.45) is 0 Å². The highest BCUT2D eigenvalue weighted by atomic mass is 32.1. The molecule has 0 radical (unpaired) electrons. The average Bonchev–Trinajstić information content (AvgIpc) is 3.37. The lowest BCUT2D eigenvalue weighted by molar-refractivity contribution is 0.0741. The smallest absolute Gasteiger partial charge is 0.113 e. The fraction of sp³-hybridized carbons (Fsp3) is 0.375. The molecule has 0 unspecified atom stereocenters. The summed E-state index contributed by atoms with van der Waals surface area (Å²) >= 11 is 1.31. The molecular weight excluding hydrogens is 340 g/mol. The fourth-order valence-electron chi connectivity index (χ4n) is 2.91. The summed E-state index contributed by atoms with van der Waals surface area (Å²) in [5, 5.41) is 27.8. The molecule has 3 heterocycles. The van der Waals surface area contributed by atoms with Crippen molar-refractivity contribution in [3.8, 4) is 11.3 Å². The number of hydrogen-bond donors (Lipinski definition) is 2. The number of nitrogens with one attached hydrogen (secondary N) is 1.